The smallest absolute Gasteiger partial charge is 0.164 e. The van der Waals surface area contributed by atoms with Crippen LogP contribution >= 0.6 is 0 Å². The van der Waals surface area contributed by atoms with Gasteiger partial charge in [0.1, 0.15) is 0 Å². The Labute approximate surface area is 342 Å². The van der Waals surface area contributed by atoms with Gasteiger partial charge in [0, 0.05) is 58.0 Å². The molecule has 0 spiro atoms. The first-order valence-corrected chi connectivity index (χ1v) is 19.3. The predicted molar refractivity (Wildman–Crippen MR) is 241 cm³/mol. The van der Waals surface area contributed by atoms with Gasteiger partial charge in [-0.25, -0.2) is 15.0 Å². The van der Waals surface area contributed by atoms with Crippen molar-refractivity contribution in [2.45, 2.75) is 0 Å². The molecule has 3 aromatic heterocycles. The number of hydrogen-bond acceptors (Lipinski definition) is 4. The van der Waals surface area contributed by atoms with Crippen molar-refractivity contribution in [2.75, 3.05) is 0 Å². The molecule has 0 saturated carbocycles. The lowest BCUT2D eigenvalue weighted by Crippen LogP contribution is -2.02. The first kappa shape index (κ1) is 35.3. The monoisotopic (exact) mass is 751 g/mol. The van der Waals surface area contributed by atoms with E-state index >= 15 is 0 Å². The fraction of sp³-hybridized carbons (Fsp3) is 0. The summed E-state index contributed by atoms with van der Waals surface area (Å²) in [4.78, 5) is 15.3. The summed E-state index contributed by atoms with van der Waals surface area (Å²) in [6.07, 6.45) is 0. The summed E-state index contributed by atoms with van der Waals surface area (Å²) in [5, 5.41) is 14.4. The Kier molecular flexibility index (Phi) is 8.66. The van der Waals surface area contributed by atoms with Crippen LogP contribution in [0.5, 0.6) is 0 Å². The molecule has 3 radical (unpaired) electrons. The highest BCUT2D eigenvalue weighted by molar-refractivity contribution is 6.26. The van der Waals surface area contributed by atoms with Crippen molar-refractivity contribution in [3.05, 3.63) is 200 Å². The minimum atomic E-state index is 0. The third kappa shape index (κ3) is 5.94. The fourth-order valence-electron chi connectivity index (χ4n) is 8.34. The molecular formula is C52H32BN6. The second-order valence-corrected chi connectivity index (χ2v) is 14.4. The average molecular weight is 752 g/mol. The Bertz CT molecular complexity index is 3330. The van der Waals surface area contributed by atoms with Gasteiger partial charge in [0.25, 0.3) is 0 Å². The lowest BCUT2D eigenvalue weighted by molar-refractivity contribution is 1.07. The van der Waals surface area contributed by atoms with Crippen LogP contribution in [-0.4, -0.2) is 32.5 Å². The average Bonchev–Trinajstić information content (AvgIpc) is 3.83. The fourth-order valence-corrected chi connectivity index (χ4v) is 8.34. The van der Waals surface area contributed by atoms with Crippen LogP contribution in [0.15, 0.2) is 194 Å². The minimum absolute atomic E-state index is 0. The van der Waals surface area contributed by atoms with Gasteiger partial charge in [-0.2, -0.15) is 5.26 Å². The van der Waals surface area contributed by atoms with E-state index in [4.69, 9.17) is 15.0 Å². The third-order valence-corrected chi connectivity index (χ3v) is 11.0. The number of benzene rings is 8. The van der Waals surface area contributed by atoms with Crippen molar-refractivity contribution < 1.29 is 0 Å². The molecule has 0 aliphatic heterocycles. The lowest BCUT2D eigenvalue weighted by atomic mass is 10.00. The summed E-state index contributed by atoms with van der Waals surface area (Å²) in [5.74, 6) is 1.76. The highest BCUT2D eigenvalue weighted by atomic mass is 15.0. The van der Waals surface area contributed by atoms with E-state index in [0.717, 1.165) is 61.3 Å². The summed E-state index contributed by atoms with van der Waals surface area (Å²) < 4.78 is 4.77. The van der Waals surface area contributed by atoms with E-state index in [1.54, 1.807) is 0 Å². The Morgan fingerprint density at radius 1 is 0.373 bits per heavy atom. The maximum atomic E-state index is 9.66. The molecule has 273 valence electrons. The number of rotatable bonds is 6. The van der Waals surface area contributed by atoms with Gasteiger partial charge in [-0.05, 0) is 71.8 Å². The van der Waals surface area contributed by atoms with Gasteiger partial charge in [-0.1, -0.05) is 133 Å². The summed E-state index contributed by atoms with van der Waals surface area (Å²) in [6.45, 7) is 0. The molecule has 0 amide bonds. The van der Waals surface area contributed by atoms with E-state index < -0.39 is 0 Å². The summed E-state index contributed by atoms with van der Waals surface area (Å²) in [7, 11) is 0. The molecule has 11 aromatic rings. The molecule has 0 fully saturated rings. The van der Waals surface area contributed by atoms with E-state index in [1.165, 1.54) is 21.5 Å². The quantitative estimate of drug-likeness (QED) is 0.159. The Morgan fingerprint density at radius 3 is 1.53 bits per heavy atom. The highest BCUT2D eigenvalue weighted by Gasteiger charge is 2.22. The van der Waals surface area contributed by atoms with Crippen molar-refractivity contribution >= 4 is 52.0 Å². The van der Waals surface area contributed by atoms with E-state index in [-0.39, 0.29) is 8.41 Å². The lowest BCUT2D eigenvalue weighted by Gasteiger charge is -2.15. The molecule has 0 aliphatic rings. The number of fused-ring (bicyclic) bond motifs is 7. The maximum Gasteiger partial charge on any atom is 0.164 e. The molecule has 0 bridgehead atoms. The molecular weight excluding hydrogens is 719 g/mol. The van der Waals surface area contributed by atoms with Gasteiger partial charge in [0.15, 0.2) is 17.5 Å². The van der Waals surface area contributed by atoms with Crippen molar-refractivity contribution in [3.63, 3.8) is 0 Å². The number of para-hydroxylation sites is 3. The van der Waals surface area contributed by atoms with Crippen LogP contribution in [0, 0.1) is 11.3 Å². The van der Waals surface area contributed by atoms with E-state index in [1.807, 2.05) is 84.9 Å². The molecule has 0 atom stereocenters. The molecule has 11 rings (SSSR count). The molecule has 0 aliphatic carbocycles. The van der Waals surface area contributed by atoms with Gasteiger partial charge in [-0.15, -0.1) is 0 Å². The van der Waals surface area contributed by atoms with Gasteiger partial charge in [0.2, 0.25) is 0 Å². The van der Waals surface area contributed by atoms with Gasteiger partial charge < -0.3 is 9.13 Å². The van der Waals surface area contributed by atoms with E-state index in [9.17, 15) is 5.26 Å². The molecule has 7 heteroatoms. The van der Waals surface area contributed by atoms with E-state index in [0.29, 0.717) is 23.0 Å². The van der Waals surface area contributed by atoms with Crippen LogP contribution in [0.2, 0.25) is 0 Å². The largest absolute Gasteiger partial charge is 0.309 e. The second-order valence-electron chi connectivity index (χ2n) is 14.4. The van der Waals surface area contributed by atoms with Gasteiger partial charge >= 0.3 is 0 Å². The zero-order valence-electron chi connectivity index (χ0n) is 31.7. The van der Waals surface area contributed by atoms with Crippen LogP contribution in [-0.2, 0) is 0 Å². The number of aromatic nitrogens is 5. The first-order chi connectivity index (χ1) is 28.7. The highest BCUT2D eigenvalue weighted by Crippen LogP contribution is 2.43. The molecule has 0 N–H and O–H groups in total. The Balaban J connectivity index is 0.00000420. The van der Waals surface area contributed by atoms with Crippen LogP contribution < -0.4 is 0 Å². The number of nitrogens with zero attached hydrogens (tertiary/aromatic N) is 6. The van der Waals surface area contributed by atoms with Crippen LogP contribution in [0.4, 0.5) is 0 Å². The number of hydrogen-bond donors (Lipinski definition) is 0. The topological polar surface area (TPSA) is 72.3 Å². The van der Waals surface area contributed by atoms with Gasteiger partial charge in [-0.3, -0.25) is 0 Å². The van der Waals surface area contributed by atoms with E-state index in [2.05, 4.69) is 124 Å². The summed E-state index contributed by atoms with van der Waals surface area (Å²) in [5.41, 5.74) is 11.8. The molecule has 0 unspecified atom stereocenters. The summed E-state index contributed by atoms with van der Waals surface area (Å²) in [6, 6.07) is 69.2. The SMILES string of the molecule is N#Cc1ccc(-c2cc(-c3nc(-c4ccccc4)nc(-c4ccccc4)n3)cc(-n3c4ccccc4c4ccc5c(c6ccccc6n5-c5ccccc5)c43)c2)cc1.[B]. The second kappa shape index (κ2) is 14.5. The number of nitriles is 1. The van der Waals surface area contributed by atoms with Crippen LogP contribution in [0.3, 0.4) is 0 Å². The van der Waals surface area contributed by atoms with Crippen LogP contribution in [0.1, 0.15) is 5.56 Å². The zero-order valence-corrected chi connectivity index (χ0v) is 31.7. The van der Waals surface area contributed by atoms with Crippen molar-refractivity contribution in [1.82, 2.24) is 24.1 Å². The molecule has 0 saturated heterocycles. The van der Waals surface area contributed by atoms with Crippen molar-refractivity contribution in [1.29, 1.82) is 5.26 Å². The van der Waals surface area contributed by atoms with Crippen molar-refractivity contribution in [2.24, 2.45) is 0 Å². The first-order valence-electron chi connectivity index (χ1n) is 19.3. The standard InChI is InChI=1S/C52H32N6.B/c53-33-34-24-26-35(27-25-34)38-30-39(52-55-50(36-14-4-1-5-15-36)54-51(56-52)37-16-6-2-7-17-37)32-41(31-38)58-45-22-12-10-20-42(45)43-28-29-47-48(49(43)58)44-21-11-13-23-46(44)57(47)40-18-8-3-9-19-40;/h1-32H;. The summed E-state index contributed by atoms with van der Waals surface area (Å²) >= 11 is 0. The zero-order chi connectivity index (χ0) is 38.6. The molecule has 3 heterocycles. The minimum Gasteiger partial charge on any atom is -0.309 e. The van der Waals surface area contributed by atoms with Crippen molar-refractivity contribution in [3.8, 4) is 62.7 Å². The molecule has 59 heavy (non-hydrogen) atoms. The Hall–Kier alpha value is -8.08. The molecule has 8 aromatic carbocycles. The van der Waals surface area contributed by atoms with Gasteiger partial charge in [0.05, 0.1) is 33.7 Å². The predicted octanol–water partition coefficient (Wildman–Crippen LogP) is 12.2. The maximum absolute atomic E-state index is 9.66. The molecule has 6 nitrogen and oxygen atoms in total. The third-order valence-electron chi connectivity index (χ3n) is 11.0. The normalized spacial score (nSPS) is 11.2. The van der Waals surface area contributed by atoms with Crippen LogP contribution in [0.25, 0.3) is 100 Å². The Morgan fingerprint density at radius 2 is 0.898 bits per heavy atom.